The fourth-order valence-corrected chi connectivity index (χ4v) is 2.45. The van der Waals surface area contributed by atoms with Gasteiger partial charge >= 0.3 is 0 Å². The van der Waals surface area contributed by atoms with Crippen LogP contribution in [-0.4, -0.2) is 29.9 Å². The number of amides is 1. The van der Waals surface area contributed by atoms with Gasteiger partial charge in [-0.05, 0) is 37.0 Å². The lowest BCUT2D eigenvalue weighted by atomic mass is 10.2. The van der Waals surface area contributed by atoms with Crippen LogP contribution in [0.2, 0.25) is 5.02 Å². The molecule has 0 heterocycles. The maximum absolute atomic E-state index is 12.1. The molecule has 4 nitrogen and oxygen atoms in total. The Hall–Kier alpha value is -1.26. The molecule has 0 spiro atoms. The SMILES string of the molecule is CC(C)CN(CC(=O)Nc1ccc(Cl)cc1N)C1CC1. The third-order valence-electron chi connectivity index (χ3n) is 3.30. The number of anilines is 2. The zero-order valence-electron chi connectivity index (χ0n) is 12.0. The Morgan fingerprint density at radius 1 is 1.50 bits per heavy atom. The summed E-state index contributed by atoms with van der Waals surface area (Å²) in [7, 11) is 0. The summed E-state index contributed by atoms with van der Waals surface area (Å²) in [6, 6.07) is 5.68. The van der Waals surface area contributed by atoms with E-state index in [1.54, 1.807) is 18.2 Å². The van der Waals surface area contributed by atoms with Crippen molar-refractivity contribution in [2.75, 3.05) is 24.1 Å². The minimum absolute atomic E-state index is 0.0217. The molecule has 0 atom stereocenters. The third-order valence-corrected chi connectivity index (χ3v) is 3.53. The van der Waals surface area contributed by atoms with Crippen LogP contribution in [0.1, 0.15) is 26.7 Å². The lowest BCUT2D eigenvalue weighted by Gasteiger charge is -2.23. The van der Waals surface area contributed by atoms with E-state index in [2.05, 4.69) is 24.1 Å². The number of carbonyl (C=O) groups excluding carboxylic acids is 1. The second kappa shape index (κ2) is 6.46. The number of hydrogen-bond acceptors (Lipinski definition) is 3. The van der Waals surface area contributed by atoms with Crippen molar-refractivity contribution in [3.05, 3.63) is 23.2 Å². The average molecular weight is 296 g/mol. The van der Waals surface area contributed by atoms with E-state index >= 15 is 0 Å². The normalized spacial score (nSPS) is 14.8. The van der Waals surface area contributed by atoms with E-state index in [9.17, 15) is 4.79 Å². The van der Waals surface area contributed by atoms with Crippen LogP contribution in [0.5, 0.6) is 0 Å². The monoisotopic (exact) mass is 295 g/mol. The van der Waals surface area contributed by atoms with E-state index in [0.29, 0.717) is 34.9 Å². The Morgan fingerprint density at radius 2 is 2.20 bits per heavy atom. The Balaban J connectivity index is 1.93. The van der Waals surface area contributed by atoms with Gasteiger partial charge in [-0.2, -0.15) is 0 Å². The third kappa shape index (κ3) is 4.39. The fraction of sp³-hybridized carbons (Fsp3) is 0.533. The van der Waals surface area contributed by atoms with Crippen LogP contribution in [-0.2, 0) is 4.79 Å². The predicted molar refractivity (Wildman–Crippen MR) is 83.9 cm³/mol. The van der Waals surface area contributed by atoms with Crippen LogP contribution in [0.3, 0.4) is 0 Å². The fourth-order valence-electron chi connectivity index (χ4n) is 2.27. The molecule has 3 N–H and O–H groups in total. The standard InChI is InChI=1S/C15H22ClN3O/c1-10(2)8-19(12-4-5-12)9-15(20)18-14-6-3-11(16)7-13(14)17/h3,6-7,10,12H,4-5,8-9,17H2,1-2H3,(H,18,20). The number of carbonyl (C=O) groups is 1. The van der Waals surface area contributed by atoms with Crippen LogP contribution in [0.4, 0.5) is 11.4 Å². The van der Waals surface area contributed by atoms with Gasteiger partial charge in [0, 0.05) is 17.6 Å². The molecule has 5 heteroatoms. The first-order chi connectivity index (χ1) is 9.45. The predicted octanol–water partition coefficient (Wildman–Crippen LogP) is 2.98. The zero-order valence-corrected chi connectivity index (χ0v) is 12.8. The highest BCUT2D eigenvalue weighted by Crippen LogP contribution is 2.28. The Labute approximate surface area is 125 Å². The van der Waals surface area contributed by atoms with E-state index in [0.717, 1.165) is 6.54 Å². The van der Waals surface area contributed by atoms with E-state index in [1.807, 2.05) is 0 Å². The number of rotatable bonds is 6. The summed E-state index contributed by atoms with van der Waals surface area (Å²) in [4.78, 5) is 14.4. The highest BCUT2D eigenvalue weighted by atomic mass is 35.5. The van der Waals surface area contributed by atoms with Crippen LogP contribution < -0.4 is 11.1 Å². The molecule has 1 amide bonds. The minimum atomic E-state index is -0.0217. The summed E-state index contributed by atoms with van der Waals surface area (Å²) in [6.45, 7) is 5.72. The number of nitrogen functional groups attached to an aromatic ring is 1. The van der Waals surface area contributed by atoms with Gasteiger partial charge in [0.15, 0.2) is 0 Å². The summed E-state index contributed by atoms with van der Waals surface area (Å²) in [5.74, 6) is 0.538. The highest BCUT2D eigenvalue weighted by molar-refractivity contribution is 6.31. The molecule has 0 radical (unpaired) electrons. The van der Waals surface area contributed by atoms with E-state index in [4.69, 9.17) is 17.3 Å². The van der Waals surface area contributed by atoms with Gasteiger partial charge in [-0.25, -0.2) is 0 Å². The second-order valence-electron chi connectivity index (χ2n) is 5.83. The number of benzene rings is 1. The van der Waals surface area contributed by atoms with Crippen LogP contribution in [0, 0.1) is 5.92 Å². The Kier molecular flexibility index (Phi) is 4.89. The molecule has 1 saturated carbocycles. The molecule has 1 aliphatic rings. The molecule has 0 aromatic heterocycles. The number of hydrogen-bond donors (Lipinski definition) is 2. The first-order valence-corrected chi connectivity index (χ1v) is 7.42. The van der Waals surface area contributed by atoms with E-state index in [-0.39, 0.29) is 5.91 Å². The number of nitrogens with zero attached hydrogens (tertiary/aromatic N) is 1. The Bertz CT molecular complexity index is 486. The maximum Gasteiger partial charge on any atom is 0.238 e. The van der Waals surface area contributed by atoms with Crippen LogP contribution in [0.15, 0.2) is 18.2 Å². The molecule has 0 bridgehead atoms. The van der Waals surface area contributed by atoms with E-state index in [1.165, 1.54) is 12.8 Å². The zero-order chi connectivity index (χ0) is 14.7. The van der Waals surface area contributed by atoms with Crippen molar-refractivity contribution >= 4 is 28.9 Å². The highest BCUT2D eigenvalue weighted by Gasteiger charge is 2.30. The molecule has 1 aromatic rings. The average Bonchev–Trinajstić information content (AvgIpc) is 3.15. The quantitative estimate of drug-likeness (QED) is 0.793. The van der Waals surface area contributed by atoms with Crippen LogP contribution >= 0.6 is 11.6 Å². The summed E-state index contributed by atoms with van der Waals surface area (Å²) < 4.78 is 0. The summed E-state index contributed by atoms with van der Waals surface area (Å²) in [5, 5.41) is 3.43. The number of nitrogens with two attached hydrogens (primary N) is 1. The lowest BCUT2D eigenvalue weighted by molar-refractivity contribution is -0.117. The van der Waals surface area contributed by atoms with Crippen molar-refractivity contribution < 1.29 is 4.79 Å². The molecule has 2 rings (SSSR count). The molecular formula is C15H22ClN3O. The molecule has 20 heavy (non-hydrogen) atoms. The first-order valence-electron chi connectivity index (χ1n) is 7.04. The smallest absolute Gasteiger partial charge is 0.238 e. The molecule has 1 aromatic carbocycles. The van der Waals surface area contributed by atoms with Gasteiger partial charge in [-0.3, -0.25) is 9.69 Å². The second-order valence-corrected chi connectivity index (χ2v) is 6.27. The molecule has 0 unspecified atom stereocenters. The Morgan fingerprint density at radius 3 is 2.75 bits per heavy atom. The van der Waals surface area contributed by atoms with Gasteiger partial charge in [-0.15, -0.1) is 0 Å². The van der Waals surface area contributed by atoms with Crippen molar-refractivity contribution in [1.82, 2.24) is 4.90 Å². The molecule has 1 fully saturated rings. The molecule has 110 valence electrons. The lowest BCUT2D eigenvalue weighted by Crippen LogP contribution is -2.37. The molecule has 0 aliphatic heterocycles. The summed E-state index contributed by atoms with van der Waals surface area (Å²) in [6.07, 6.45) is 2.40. The van der Waals surface area contributed by atoms with Gasteiger partial charge in [-0.1, -0.05) is 25.4 Å². The largest absolute Gasteiger partial charge is 0.397 e. The van der Waals surface area contributed by atoms with Gasteiger partial charge in [0.1, 0.15) is 0 Å². The summed E-state index contributed by atoms with van der Waals surface area (Å²) in [5.41, 5.74) is 6.96. The van der Waals surface area contributed by atoms with Crippen molar-refractivity contribution in [3.8, 4) is 0 Å². The minimum Gasteiger partial charge on any atom is -0.397 e. The topological polar surface area (TPSA) is 58.4 Å². The summed E-state index contributed by atoms with van der Waals surface area (Å²) >= 11 is 5.84. The molecular weight excluding hydrogens is 274 g/mol. The molecule has 0 saturated heterocycles. The number of halogens is 1. The maximum atomic E-state index is 12.1. The van der Waals surface area contributed by atoms with Gasteiger partial charge in [0.25, 0.3) is 0 Å². The van der Waals surface area contributed by atoms with Crippen molar-refractivity contribution in [2.24, 2.45) is 5.92 Å². The van der Waals surface area contributed by atoms with Crippen molar-refractivity contribution in [1.29, 1.82) is 0 Å². The van der Waals surface area contributed by atoms with Crippen molar-refractivity contribution in [2.45, 2.75) is 32.7 Å². The van der Waals surface area contributed by atoms with Gasteiger partial charge < -0.3 is 11.1 Å². The van der Waals surface area contributed by atoms with Crippen molar-refractivity contribution in [3.63, 3.8) is 0 Å². The first kappa shape index (κ1) is 15.1. The number of nitrogens with one attached hydrogen (secondary N) is 1. The molecule has 1 aliphatic carbocycles. The van der Waals surface area contributed by atoms with Gasteiger partial charge in [0.05, 0.1) is 17.9 Å². The van der Waals surface area contributed by atoms with E-state index < -0.39 is 0 Å². The van der Waals surface area contributed by atoms with Gasteiger partial charge in [0.2, 0.25) is 5.91 Å². The van der Waals surface area contributed by atoms with Crippen LogP contribution in [0.25, 0.3) is 0 Å².